The van der Waals surface area contributed by atoms with Crippen LogP contribution in [0.15, 0.2) is 48.9 Å². The fourth-order valence-corrected chi connectivity index (χ4v) is 6.32. The van der Waals surface area contributed by atoms with Crippen molar-refractivity contribution >= 4 is 34.9 Å². The maximum Gasteiger partial charge on any atom is 0.241 e. The third-order valence-corrected chi connectivity index (χ3v) is 8.44. The average Bonchev–Trinajstić information content (AvgIpc) is 3.49. The zero-order valence-corrected chi connectivity index (χ0v) is 23.4. The molecule has 0 aliphatic carbocycles. The van der Waals surface area contributed by atoms with E-state index in [1.807, 2.05) is 36.5 Å². The fraction of sp³-hybridized carbons (Fsp3) is 0.464. The molecule has 2 aliphatic rings. The number of aromatic nitrogens is 3. The topological polar surface area (TPSA) is 80.4 Å². The van der Waals surface area contributed by atoms with Gasteiger partial charge in [-0.15, -0.1) is 0 Å². The zero-order chi connectivity index (χ0) is 26.6. The van der Waals surface area contributed by atoms with Crippen LogP contribution in [0.2, 0.25) is 10.0 Å². The number of nitrogens with zero attached hydrogens (tertiary/aromatic N) is 5. The third-order valence-electron chi connectivity index (χ3n) is 7.91. The van der Waals surface area contributed by atoms with Crippen molar-refractivity contribution in [3.05, 3.63) is 64.5 Å². The van der Waals surface area contributed by atoms with Gasteiger partial charge >= 0.3 is 0 Å². The van der Waals surface area contributed by atoms with E-state index >= 15 is 0 Å². The molecule has 2 atom stereocenters. The number of pyridine rings is 1. The Kier molecular flexibility index (Phi) is 8.53. The second-order valence-electron chi connectivity index (χ2n) is 10.0. The minimum absolute atomic E-state index is 0.0215. The van der Waals surface area contributed by atoms with Crippen molar-refractivity contribution < 1.29 is 4.79 Å². The quantitative estimate of drug-likeness (QED) is 0.442. The van der Waals surface area contributed by atoms with Gasteiger partial charge in [-0.1, -0.05) is 42.3 Å². The van der Waals surface area contributed by atoms with E-state index in [0.29, 0.717) is 22.1 Å². The molecule has 1 aromatic carbocycles. The number of H-pyrrole nitrogens is 1. The lowest BCUT2D eigenvalue weighted by molar-refractivity contribution is -0.127. The molecule has 1 amide bonds. The molecule has 2 fully saturated rings. The van der Waals surface area contributed by atoms with E-state index < -0.39 is 0 Å². The number of hydrogen-bond donors (Lipinski definition) is 2. The Bertz CT molecular complexity index is 1210. The van der Waals surface area contributed by atoms with Crippen LogP contribution in [0.4, 0.5) is 5.82 Å². The second-order valence-corrected chi connectivity index (χ2v) is 10.9. The Labute approximate surface area is 234 Å². The van der Waals surface area contributed by atoms with Crippen molar-refractivity contribution in [2.24, 2.45) is 0 Å². The number of piperazine rings is 1. The Balaban J connectivity index is 1.23. The number of amides is 1. The van der Waals surface area contributed by atoms with Gasteiger partial charge in [0.1, 0.15) is 17.7 Å². The molecular weight excluding hydrogens is 521 g/mol. The average molecular weight is 557 g/mol. The molecular formula is C28H35Cl2N7O. The molecule has 38 heavy (non-hydrogen) atoms. The predicted molar refractivity (Wildman–Crippen MR) is 153 cm³/mol. The Morgan fingerprint density at radius 1 is 1.13 bits per heavy atom. The SMILES string of the molecule is CC[C@H]1CN(c2ncc(-c3ncc[nH]3)cc2Cl)CCN1C1CCN([C@H](C(=O)NC)c2ccc(Cl)cc2)CC1. The number of anilines is 1. The molecule has 0 radical (unpaired) electrons. The molecule has 8 nitrogen and oxygen atoms in total. The van der Waals surface area contributed by atoms with Gasteiger partial charge in [-0.05, 0) is 43.0 Å². The lowest BCUT2D eigenvalue weighted by Gasteiger charge is -2.48. The summed E-state index contributed by atoms with van der Waals surface area (Å²) in [5.41, 5.74) is 1.87. The number of piperidine rings is 1. The largest absolute Gasteiger partial charge is 0.358 e. The highest BCUT2D eigenvalue weighted by atomic mass is 35.5. The maximum atomic E-state index is 12.8. The van der Waals surface area contributed by atoms with E-state index in [-0.39, 0.29) is 11.9 Å². The Morgan fingerprint density at radius 2 is 1.89 bits per heavy atom. The van der Waals surface area contributed by atoms with Crippen LogP contribution in [0.5, 0.6) is 0 Å². The predicted octanol–water partition coefficient (Wildman–Crippen LogP) is 4.63. The molecule has 0 spiro atoms. The number of carbonyl (C=O) groups excluding carboxylic acids is 1. The molecule has 2 aromatic heterocycles. The van der Waals surface area contributed by atoms with E-state index in [2.05, 4.69) is 36.9 Å². The summed E-state index contributed by atoms with van der Waals surface area (Å²) in [5.74, 6) is 1.63. The summed E-state index contributed by atoms with van der Waals surface area (Å²) in [6.07, 6.45) is 8.49. The van der Waals surface area contributed by atoms with Crippen molar-refractivity contribution in [2.45, 2.75) is 44.3 Å². The first-order valence-corrected chi connectivity index (χ1v) is 14.1. The first kappa shape index (κ1) is 26.9. The summed E-state index contributed by atoms with van der Waals surface area (Å²) in [5, 5.41) is 4.18. The summed E-state index contributed by atoms with van der Waals surface area (Å²) in [6.45, 7) is 6.77. The molecule has 2 saturated heterocycles. The number of likely N-dealkylation sites (N-methyl/N-ethyl adjacent to an activating group) is 1. The van der Waals surface area contributed by atoms with Crippen LogP contribution in [0.25, 0.3) is 11.4 Å². The van der Waals surface area contributed by atoms with E-state index in [0.717, 1.165) is 74.8 Å². The standard InChI is InChI=1S/C28H35Cl2N7O/c1-3-22-18-36(27-24(30)16-20(17-34-27)26-32-10-11-33-26)14-15-37(22)23-8-12-35(13-9-23)25(28(38)31-2)19-4-6-21(29)7-5-19/h4-7,10-11,16-17,22-23,25H,3,8-9,12-15,18H2,1-2H3,(H,31,38)(H,32,33)/t22-,25-/m0/s1. The van der Waals surface area contributed by atoms with Gasteiger partial charge in [-0.3, -0.25) is 14.6 Å². The van der Waals surface area contributed by atoms with Crippen LogP contribution >= 0.6 is 23.2 Å². The number of rotatable bonds is 7. The van der Waals surface area contributed by atoms with Crippen molar-refractivity contribution in [1.82, 2.24) is 30.1 Å². The minimum atomic E-state index is -0.297. The third kappa shape index (κ3) is 5.69. The molecule has 202 valence electrons. The number of halogens is 2. The summed E-state index contributed by atoms with van der Waals surface area (Å²) in [6, 6.07) is 10.2. The van der Waals surface area contributed by atoms with E-state index in [1.54, 1.807) is 19.4 Å². The van der Waals surface area contributed by atoms with Crippen molar-refractivity contribution in [3.8, 4) is 11.4 Å². The lowest BCUT2D eigenvalue weighted by atomic mass is 9.95. The van der Waals surface area contributed by atoms with Gasteiger partial charge in [0.05, 0.1) is 5.02 Å². The number of nitrogens with one attached hydrogen (secondary N) is 2. The molecule has 10 heteroatoms. The molecule has 5 rings (SSSR count). The molecule has 4 heterocycles. The summed E-state index contributed by atoms with van der Waals surface area (Å²) in [4.78, 5) is 32.3. The summed E-state index contributed by atoms with van der Waals surface area (Å²) < 4.78 is 0. The first-order valence-electron chi connectivity index (χ1n) is 13.4. The Hall–Kier alpha value is -2.65. The lowest BCUT2D eigenvalue weighted by Crippen LogP contribution is -2.59. The van der Waals surface area contributed by atoms with E-state index in [9.17, 15) is 4.79 Å². The van der Waals surface area contributed by atoms with Crippen molar-refractivity contribution in [1.29, 1.82) is 0 Å². The maximum absolute atomic E-state index is 12.8. The van der Waals surface area contributed by atoms with Crippen LogP contribution < -0.4 is 10.2 Å². The number of hydrogen-bond acceptors (Lipinski definition) is 6. The highest BCUT2D eigenvalue weighted by molar-refractivity contribution is 6.33. The van der Waals surface area contributed by atoms with Gasteiger partial charge < -0.3 is 15.2 Å². The molecule has 2 aliphatic heterocycles. The smallest absolute Gasteiger partial charge is 0.241 e. The molecule has 0 bridgehead atoms. The van der Waals surface area contributed by atoms with Gasteiger partial charge in [0.2, 0.25) is 5.91 Å². The van der Waals surface area contributed by atoms with Crippen LogP contribution in [0.1, 0.15) is 37.8 Å². The molecule has 0 unspecified atom stereocenters. The normalized spacial score (nSPS) is 20.4. The van der Waals surface area contributed by atoms with Gasteiger partial charge in [-0.2, -0.15) is 0 Å². The molecule has 3 aromatic rings. The van der Waals surface area contributed by atoms with Crippen molar-refractivity contribution in [3.63, 3.8) is 0 Å². The molecule has 2 N–H and O–H groups in total. The van der Waals surface area contributed by atoms with Gasteiger partial charge in [0.25, 0.3) is 0 Å². The van der Waals surface area contributed by atoms with Crippen molar-refractivity contribution in [2.75, 3.05) is 44.7 Å². The highest BCUT2D eigenvalue weighted by Gasteiger charge is 2.36. The number of aromatic amines is 1. The zero-order valence-electron chi connectivity index (χ0n) is 21.9. The first-order chi connectivity index (χ1) is 18.5. The van der Waals surface area contributed by atoms with Crippen LogP contribution in [0, 0.1) is 0 Å². The van der Waals surface area contributed by atoms with Gasteiger partial charge in [0.15, 0.2) is 0 Å². The van der Waals surface area contributed by atoms with Crippen LogP contribution in [0.3, 0.4) is 0 Å². The summed E-state index contributed by atoms with van der Waals surface area (Å²) in [7, 11) is 1.70. The van der Waals surface area contributed by atoms with Gasteiger partial charge in [-0.25, -0.2) is 9.97 Å². The highest BCUT2D eigenvalue weighted by Crippen LogP contribution is 2.33. The van der Waals surface area contributed by atoms with Crippen LogP contribution in [-0.4, -0.2) is 82.5 Å². The number of carbonyl (C=O) groups is 1. The number of likely N-dealkylation sites (tertiary alicyclic amines) is 1. The Morgan fingerprint density at radius 3 is 2.53 bits per heavy atom. The molecule has 0 saturated carbocycles. The van der Waals surface area contributed by atoms with E-state index in [4.69, 9.17) is 28.2 Å². The second kappa shape index (κ2) is 12.0. The number of benzene rings is 1. The van der Waals surface area contributed by atoms with Crippen LogP contribution in [-0.2, 0) is 4.79 Å². The van der Waals surface area contributed by atoms with Gasteiger partial charge in [0, 0.05) is 81.0 Å². The monoisotopic (exact) mass is 555 g/mol. The summed E-state index contributed by atoms with van der Waals surface area (Å²) >= 11 is 12.8. The minimum Gasteiger partial charge on any atom is -0.358 e. The van der Waals surface area contributed by atoms with E-state index in [1.165, 1.54) is 0 Å². The fourth-order valence-electron chi connectivity index (χ4n) is 5.91. The number of imidazole rings is 1.